The molecule has 4 aromatic carbocycles. The summed E-state index contributed by atoms with van der Waals surface area (Å²) >= 11 is 0. The minimum Gasteiger partial charge on any atom is -0.545 e. The molecule has 0 aliphatic rings. The molecule has 32 N–H and O–H groups in total. The van der Waals surface area contributed by atoms with Gasteiger partial charge in [0, 0.05) is 22.3 Å². The van der Waals surface area contributed by atoms with Crippen molar-refractivity contribution in [2.75, 3.05) is 0 Å². The molecule has 0 heterocycles. The van der Waals surface area contributed by atoms with Gasteiger partial charge in [-0.15, -0.1) is 0 Å². The van der Waals surface area contributed by atoms with Crippen molar-refractivity contribution in [2.45, 2.75) is 0 Å². The normalized spacial score (nSPS) is 6.78. The Morgan fingerprint density at radius 1 is 0.288 bits per heavy atom. The van der Waals surface area contributed by atoms with Crippen LogP contribution < -0.4 is 20.4 Å². The smallest absolute Gasteiger partial charge is 0.545 e. The van der Waals surface area contributed by atoms with Gasteiger partial charge in [-0.1, -0.05) is 97.1 Å². The summed E-state index contributed by atoms with van der Waals surface area (Å²) in [6, 6.07) is 22.1. The van der Waals surface area contributed by atoms with Crippen LogP contribution in [0.2, 0.25) is 0 Å². The average Bonchev–Trinajstić information content (AvgIpc) is 3.05. The first kappa shape index (κ1) is 99.6. The van der Waals surface area contributed by atoms with Gasteiger partial charge in [0.05, 0.1) is 23.9 Å². The molecule has 0 fully saturated rings. The zero-order valence-electron chi connectivity index (χ0n) is 30.8. The van der Waals surface area contributed by atoms with Gasteiger partial charge < -0.3 is 111 Å². The first-order valence-corrected chi connectivity index (χ1v) is 12.0. The van der Waals surface area contributed by atoms with Gasteiger partial charge in [0.15, 0.2) is 0 Å². The van der Waals surface area contributed by atoms with Gasteiger partial charge >= 0.3 is 54.6 Å². The molecule has 0 spiro atoms. The largest absolute Gasteiger partial charge is 2.00 e. The van der Waals surface area contributed by atoms with Gasteiger partial charge in [-0.2, -0.15) is 0 Å². The van der Waals surface area contributed by atoms with Crippen LogP contribution in [0.25, 0.3) is 0 Å². The molecule has 0 aliphatic heterocycles. The first-order valence-electron chi connectivity index (χ1n) is 12.0. The molecule has 0 aromatic heterocycles. The number of carbonyl (C=O) groups is 8. The van der Waals surface area contributed by atoms with E-state index in [1.54, 1.807) is 0 Å². The van der Waals surface area contributed by atoms with Crippen molar-refractivity contribution < 1.29 is 185 Å². The summed E-state index contributed by atoms with van der Waals surface area (Å²) in [6.45, 7) is 0. The summed E-state index contributed by atoms with van der Waals surface area (Å²) < 4.78 is 0. The molecule has 0 amide bonds. The van der Waals surface area contributed by atoms with E-state index in [1.165, 1.54) is 97.1 Å². The summed E-state index contributed by atoms with van der Waals surface area (Å²) in [5.41, 5.74) is 2.13. The second kappa shape index (κ2) is 54.9. The van der Waals surface area contributed by atoms with Crippen molar-refractivity contribution in [1.82, 2.24) is 0 Å². The number of hydrogen-bond acceptors (Lipinski definition) is 12. The van der Waals surface area contributed by atoms with Crippen LogP contribution in [0, 0.1) is 0 Å². The third kappa shape index (κ3) is 39.4. The number of aromatic carboxylic acids is 4. The van der Waals surface area contributed by atoms with Gasteiger partial charge in [0.25, 0.3) is 0 Å². The van der Waals surface area contributed by atoms with Gasteiger partial charge in [-0.25, -0.2) is 0 Å². The minimum atomic E-state index is -1.23. The van der Waals surface area contributed by atoms with E-state index in [2.05, 4.69) is 0 Å². The summed E-state index contributed by atoms with van der Waals surface area (Å²) in [5.74, 6) is -4.94. The SMILES string of the molecule is O.O.O.O.O.O.O.O=Cc1ccc(C(=O)[O-])cc1.O=Cc1ccc(C(=O)[O-])cc1.O=Cc1ccc(C(=O)[O-])cc1.O=Cc1ccc(C(=O)[O-])cc1.[Cd+2].[Cd+2].[OH3+].[OH3+].[OH3+].[OH3+].[OH3+].[OH3+]. The molecule has 0 bridgehead atoms. The van der Waals surface area contributed by atoms with E-state index in [9.17, 15) is 58.8 Å². The average molecular weight is 1060 g/mol. The molecule has 4 rings (SSSR count). The van der Waals surface area contributed by atoms with Gasteiger partial charge in [-0.3, -0.25) is 19.2 Å². The number of hydrogen-bond donors (Lipinski definition) is 0. The summed E-state index contributed by atoms with van der Waals surface area (Å²) in [6.07, 6.45) is 2.61. The van der Waals surface area contributed by atoms with Crippen LogP contribution in [0.5, 0.6) is 0 Å². The van der Waals surface area contributed by atoms with Gasteiger partial charge in [-0.05, 0) is 22.3 Å². The van der Waals surface area contributed by atoms with Crippen LogP contribution >= 0.6 is 0 Å². The summed E-state index contributed by atoms with van der Waals surface area (Å²) in [5, 5.41) is 40.8. The Labute approximate surface area is 373 Å². The Hall–Kier alpha value is -5.24. The number of benzene rings is 4. The van der Waals surface area contributed by atoms with E-state index in [0.717, 1.165) is 0 Å². The molecule has 25 nitrogen and oxygen atoms in total. The van der Waals surface area contributed by atoms with Gasteiger partial charge in [0.1, 0.15) is 25.1 Å². The molecule has 4 aromatic rings. The van der Waals surface area contributed by atoms with E-state index < -0.39 is 23.9 Å². The van der Waals surface area contributed by atoms with Gasteiger partial charge in [0.2, 0.25) is 0 Å². The van der Waals surface area contributed by atoms with E-state index in [-0.39, 0.29) is 148 Å². The maximum Gasteiger partial charge on any atom is 2.00 e. The molecule has 0 atom stereocenters. The maximum absolute atomic E-state index is 10.2. The van der Waals surface area contributed by atoms with Crippen molar-refractivity contribution in [3.05, 3.63) is 142 Å². The maximum atomic E-state index is 10.2. The van der Waals surface area contributed by atoms with Crippen LogP contribution in [0.4, 0.5) is 0 Å². The van der Waals surface area contributed by atoms with Crippen molar-refractivity contribution in [2.24, 2.45) is 0 Å². The Kier molecular flexibility index (Phi) is 92.6. The van der Waals surface area contributed by atoms with Crippen molar-refractivity contribution in [3.8, 4) is 0 Å². The fraction of sp³-hybridized carbons (Fsp3) is 0. The first-order chi connectivity index (χ1) is 20.9. The number of rotatable bonds is 8. The minimum absolute atomic E-state index is 0. The number of aldehydes is 4. The summed E-state index contributed by atoms with van der Waals surface area (Å²) in [4.78, 5) is 81.3. The van der Waals surface area contributed by atoms with E-state index in [0.29, 0.717) is 47.4 Å². The second-order valence-electron chi connectivity index (χ2n) is 8.11. The molecule has 59 heavy (non-hydrogen) atoms. The van der Waals surface area contributed by atoms with Crippen molar-refractivity contribution >= 4 is 49.0 Å². The van der Waals surface area contributed by atoms with E-state index >= 15 is 0 Å². The predicted molar refractivity (Wildman–Crippen MR) is 199 cm³/mol. The molecule has 0 unspecified atom stereocenters. The zero-order valence-corrected chi connectivity index (χ0v) is 38.9. The molecular formula is C32H52Cd2O25+6. The molecule has 0 radical (unpaired) electrons. The van der Waals surface area contributed by atoms with Crippen LogP contribution in [-0.2, 0) is 87.5 Å². The number of carboxylic acid groups (broad SMARTS) is 4. The van der Waals surface area contributed by atoms with Crippen LogP contribution in [0.1, 0.15) is 82.9 Å². The molecule has 0 saturated heterocycles. The van der Waals surface area contributed by atoms with Crippen molar-refractivity contribution in [1.29, 1.82) is 0 Å². The van der Waals surface area contributed by atoms with E-state index in [1.807, 2.05) is 0 Å². The Bertz CT molecular complexity index is 1370. The Balaban J connectivity index is -0.0000000310. The predicted octanol–water partition coefficient (Wildman–Crippen LogP) is -11.9. The second-order valence-corrected chi connectivity index (χ2v) is 8.11. The van der Waals surface area contributed by atoms with Crippen LogP contribution in [-0.4, -0.2) is 87.4 Å². The number of carbonyl (C=O) groups excluding carboxylic acids is 8. The quantitative estimate of drug-likeness (QED) is 0.0902. The molecule has 328 valence electrons. The Morgan fingerprint density at radius 2 is 0.390 bits per heavy atom. The topological polar surface area (TPSA) is 647 Å². The van der Waals surface area contributed by atoms with Crippen LogP contribution in [0.15, 0.2) is 97.1 Å². The fourth-order valence-electron chi connectivity index (χ4n) is 2.79. The zero-order chi connectivity index (χ0) is 33.1. The summed E-state index contributed by atoms with van der Waals surface area (Å²) in [7, 11) is 0. The molecule has 27 heteroatoms. The fourth-order valence-corrected chi connectivity index (χ4v) is 2.79. The van der Waals surface area contributed by atoms with Crippen molar-refractivity contribution in [3.63, 3.8) is 0 Å². The Morgan fingerprint density at radius 3 is 0.458 bits per heavy atom. The monoisotopic (exact) mass is 1060 g/mol. The third-order valence-corrected chi connectivity index (χ3v) is 5.13. The molecule has 0 aliphatic carbocycles. The third-order valence-electron chi connectivity index (χ3n) is 5.13. The molecule has 0 saturated carbocycles. The number of carboxylic acids is 4. The standard InChI is InChI=1S/4C8H6O3.2Cd.13H2O/c4*9-5-6-1-3-7(4-2-6)8(10)11;;;;;;;;;;;;;;;/h4*1-5H,(H,10,11);;;13*1H2/q;;;;2*+2;;;;;;;;;;;;;/p+2. The van der Waals surface area contributed by atoms with Crippen LogP contribution in [0.3, 0.4) is 0 Å². The van der Waals surface area contributed by atoms with E-state index in [4.69, 9.17) is 0 Å². The molecular weight excluding hydrogens is 1010 g/mol.